The smallest absolute Gasteiger partial charge is 0.0316 e. The van der Waals surface area contributed by atoms with Crippen LogP contribution in [0.3, 0.4) is 0 Å². The Balaban J connectivity index is 2.73. The van der Waals surface area contributed by atoms with Crippen molar-refractivity contribution in [3.63, 3.8) is 0 Å². The lowest BCUT2D eigenvalue weighted by Crippen LogP contribution is -1.97. The summed E-state index contributed by atoms with van der Waals surface area (Å²) in [6.07, 6.45) is 7.45. The fourth-order valence-electron chi connectivity index (χ4n) is 1.86. The van der Waals surface area contributed by atoms with Gasteiger partial charge in [0.25, 0.3) is 0 Å². The van der Waals surface area contributed by atoms with Gasteiger partial charge >= 0.3 is 0 Å². The van der Waals surface area contributed by atoms with Crippen molar-refractivity contribution in [3.05, 3.63) is 29.3 Å². The Hall–Kier alpha value is -0.980. The van der Waals surface area contributed by atoms with E-state index in [0.717, 1.165) is 5.69 Å². The van der Waals surface area contributed by atoms with Crippen molar-refractivity contribution in [1.82, 2.24) is 0 Å². The Morgan fingerprint density at radius 2 is 1.53 bits per heavy atom. The number of aryl methyl sites for hydroxylation is 2. The normalized spacial score (nSPS) is 10.5. The van der Waals surface area contributed by atoms with Gasteiger partial charge in [-0.3, -0.25) is 0 Å². The summed E-state index contributed by atoms with van der Waals surface area (Å²) in [5.41, 5.74) is 9.69. The van der Waals surface area contributed by atoms with Crippen LogP contribution >= 0.6 is 0 Å². The maximum Gasteiger partial charge on any atom is 0.0316 e. The van der Waals surface area contributed by atoms with Gasteiger partial charge in [-0.25, -0.2) is 0 Å². The zero-order chi connectivity index (χ0) is 11.1. The van der Waals surface area contributed by atoms with Crippen LogP contribution in [0.25, 0.3) is 0 Å². The third-order valence-electron chi connectivity index (χ3n) is 2.83. The molecule has 0 unspecified atom stereocenters. The molecule has 0 aromatic heterocycles. The second-order valence-electron chi connectivity index (χ2n) is 4.24. The first kappa shape index (κ1) is 12.1. The molecular weight excluding hydrogens is 182 g/mol. The van der Waals surface area contributed by atoms with E-state index in [0.29, 0.717) is 0 Å². The molecule has 1 heteroatoms. The van der Waals surface area contributed by atoms with E-state index in [2.05, 4.69) is 26.0 Å². The van der Waals surface area contributed by atoms with E-state index >= 15 is 0 Å². The van der Waals surface area contributed by atoms with Crippen molar-refractivity contribution in [1.29, 1.82) is 0 Å². The summed E-state index contributed by atoms with van der Waals surface area (Å²) >= 11 is 0. The predicted octanol–water partition coefficient (Wildman–Crippen LogP) is 3.95. The highest BCUT2D eigenvalue weighted by Crippen LogP contribution is 2.18. The average Bonchev–Trinajstić information content (AvgIpc) is 2.25. The highest BCUT2D eigenvalue weighted by atomic mass is 14.5. The minimum atomic E-state index is 0.904. The summed E-state index contributed by atoms with van der Waals surface area (Å²) in [5, 5.41) is 0. The molecule has 84 valence electrons. The fourth-order valence-corrected chi connectivity index (χ4v) is 1.86. The van der Waals surface area contributed by atoms with Gasteiger partial charge in [0.05, 0.1) is 0 Å². The van der Waals surface area contributed by atoms with Crippen molar-refractivity contribution in [2.75, 3.05) is 5.73 Å². The molecular formula is C14H23N. The first-order chi connectivity index (χ1) is 7.27. The largest absolute Gasteiger partial charge is 0.399 e. The van der Waals surface area contributed by atoms with Crippen molar-refractivity contribution in [3.8, 4) is 0 Å². The fraction of sp³-hybridized carbons (Fsp3) is 0.571. The molecule has 0 aliphatic rings. The number of hydrogen-bond donors (Lipinski definition) is 1. The standard InChI is InChI=1S/C14H23N/c1-3-5-7-12-9-10-14(15)11-13(12)8-6-4-2/h9-11H,3-8,15H2,1-2H3. The third-order valence-corrected chi connectivity index (χ3v) is 2.83. The summed E-state index contributed by atoms with van der Waals surface area (Å²) in [6.45, 7) is 4.47. The molecule has 0 radical (unpaired) electrons. The van der Waals surface area contributed by atoms with E-state index in [1.807, 2.05) is 6.07 Å². The summed E-state index contributed by atoms with van der Waals surface area (Å²) in [5.74, 6) is 0. The minimum Gasteiger partial charge on any atom is -0.399 e. The number of unbranched alkanes of at least 4 members (excludes halogenated alkanes) is 2. The summed E-state index contributed by atoms with van der Waals surface area (Å²) in [4.78, 5) is 0. The highest BCUT2D eigenvalue weighted by Gasteiger charge is 2.02. The van der Waals surface area contributed by atoms with Crippen molar-refractivity contribution < 1.29 is 0 Å². The monoisotopic (exact) mass is 205 g/mol. The molecule has 0 fully saturated rings. The molecule has 1 aromatic rings. The van der Waals surface area contributed by atoms with Crippen LogP contribution in [0.2, 0.25) is 0 Å². The summed E-state index contributed by atoms with van der Waals surface area (Å²) in [6, 6.07) is 6.39. The van der Waals surface area contributed by atoms with Gasteiger partial charge in [0.2, 0.25) is 0 Å². The molecule has 0 spiro atoms. The molecule has 0 atom stereocenters. The van der Waals surface area contributed by atoms with Gasteiger partial charge in [-0.2, -0.15) is 0 Å². The Morgan fingerprint density at radius 1 is 0.933 bits per heavy atom. The van der Waals surface area contributed by atoms with Gasteiger partial charge in [0.15, 0.2) is 0 Å². The molecule has 0 aliphatic heterocycles. The van der Waals surface area contributed by atoms with Crippen LogP contribution in [0.5, 0.6) is 0 Å². The molecule has 0 amide bonds. The lowest BCUT2D eigenvalue weighted by atomic mass is 9.97. The number of rotatable bonds is 6. The van der Waals surface area contributed by atoms with Crippen LogP contribution in [-0.2, 0) is 12.8 Å². The topological polar surface area (TPSA) is 26.0 Å². The molecule has 1 nitrogen and oxygen atoms in total. The second kappa shape index (κ2) is 6.49. The maximum atomic E-state index is 5.83. The molecule has 0 heterocycles. The molecule has 0 saturated carbocycles. The lowest BCUT2D eigenvalue weighted by molar-refractivity contribution is 0.758. The molecule has 0 saturated heterocycles. The Labute approximate surface area is 93.7 Å². The van der Waals surface area contributed by atoms with E-state index in [1.165, 1.54) is 49.7 Å². The Morgan fingerprint density at radius 3 is 2.13 bits per heavy atom. The van der Waals surface area contributed by atoms with E-state index < -0.39 is 0 Å². The van der Waals surface area contributed by atoms with Crippen LogP contribution in [0.1, 0.15) is 50.7 Å². The third kappa shape index (κ3) is 3.94. The predicted molar refractivity (Wildman–Crippen MR) is 68.1 cm³/mol. The number of hydrogen-bond acceptors (Lipinski definition) is 1. The quantitative estimate of drug-likeness (QED) is 0.699. The van der Waals surface area contributed by atoms with Gasteiger partial charge in [-0.1, -0.05) is 32.8 Å². The molecule has 0 aliphatic carbocycles. The maximum absolute atomic E-state index is 5.83. The Kier molecular flexibility index (Phi) is 5.23. The van der Waals surface area contributed by atoms with E-state index in [9.17, 15) is 0 Å². The van der Waals surface area contributed by atoms with Crippen LogP contribution in [0.15, 0.2) is 18.2 Å². The SMILES string of the molecule is CCCCc1ccc(N)cc1CCCC. The van der Waals surface area contributed by atoms with Crippen molar-refractivity contribution >= 4 is 5.69 Å². The van der Waals surface area contributed by atoms with Gasteiger partial charge in [0, 0.05) is 5.69 Å². The molecule has 1 rings (SSSR count). The average molecular weight is 205 g/mol. The molecule has 0 bridgehead atoms. The van der Waals surface area contributed by atoms with Crippen LogP contribution in [0, 0.1) is 0 Å². The van der Waals surface area contributed by atoms with Gasteiger partial charge in [-0.05, 0) is 48.9 Å². The van der Waals surface area contributed by atoms with Crippen molar-refractivity contribution in [2.24, 2.45) is 0 Å². The number of nitrogens with two attached hydrogens (primary N) is 1. The minimum absolute atomic E-state index is 0.904. The first-order valence-electron chi connectivity index (χ1n) is 6.15. The zero-order valence-corrected chi connectivity index (χ0v) is 10.1. The van der Waals surface area contributed by atoms with E-state index in [4.69, 9.17) is 5.73 Å². The van der Waals surface area contributed by atoms with Gasteiger partial charge < -0.3 is 5.73 Å². The lowest BCUT2D eigenvalue weighted by Gasteiger charge is -2.09. The Bertz CT molecular complexity index is 291. The van der Waals surface area contributed by atoms with Crippen LogP contribution in [-0.4, -0.2) is 0 Å². The number of benzene rings is 1. The molecule has 15 heavy (non-hydrogen) atoms. The molecule has 2 N–H and O–H groups in total. The van der Waals surface area contributed by atoms with Crippen molar-refractivity contribution in [2.45, 2.75) is 52.4 Å². The highest BCUT2D eigenvalue weighted by molar-refractivity contribution is 5.44. The zero-order valence-electron chi connectivity index (χ0n) is 10.1. The van der Waals surface area contributed by atoms with E-state index in [-0.39, 0.29) is 0 Å². The summed E-state index contributed by atoms with van der Waals surface area (Å²) < 4.78 is 0. The van der Waals surface area contributed by atoms with E-state index in [1.54, 1.807) is 0 Å². The van der Waals surface area contributed by atoms with Gasteiger partial charge in [-0.15, -0.1) is 0 Å². The summed E-state index contributed by atoms with van der Waals surface area (Å²) in [7, 11) is 0. The van der Waals surface area contributed by atoms with Gasteiger partial charge in [0.1, 0.15) is 0 Å². The first-order valence-corrected chi connectivity index (χ1v) is 6.15. The number of nitrogen functional groups attached to an aromatic ring is 1. The van der Waals surface area contributed by atoms with Crippen LogP contribution < -0.4 is 5.73 Å². The molecule has 1 aromatic carbocycles. The number of anilines is 1. The van der Waals surface area contributed by atoms with Crippen LogP contribution in [0.4, 0.5) is 5.69 Å². The second-order valence-corrected chi connectivity index (χ2v) is 4.24.